The van der Waals surface area contributed by atoms with Crippen LogP contribution in [0.3, 0.4) is 0 Å². The molecular weight excluding hydrogens is 410 g/mol. The van der Waals surface area contributed by atoms with E-state index in [1.165, 1.54) is 0 Å². The highest BCUT2D eigenvalue weighted by Crippen LogP contribution is 2.34. The number of anilines is 1. The summed E-state index contributed by atoms with van der Waals surface area (Å²) in [5, 5.41) is 30.3. The molecule has 0 amide bonds. The Hall–Kier alpha value is -2.16. The number of ketones is 1. The summed E-state index contributed by atoms with van der Waals surface area (Å²) in [7, 11) is 1.00. The molecule has 30 heavy (non-hydrogen) atoms. The van der Waals surface area contributed by atoms with Gasteiger partial charge < -0.3 is 30.1 Å². The first-order valence-corrected chi connectivity index (χ1v) is 10.1. The lowest BCUT2D eigenvalue weighted by Gasteiger charge is -2.31. The van der Waals surface area contributed by atoms with Crippen molar-refractivity contribution in [3.63, 3.8) is 0 Å². The number of halogens is 1. The molecule has 0 aromatic heterocycles. The first-order chi connectivity index (χ1) is 14.5. The Kier molecular flexibility index (Phi) is 7.69. The van der Waals surface area contributed by atoms with Crippen LogP contribution in [0.1, 0.15) is 29.2 Å². The number of carbonyl (C=O) groups is 1. The van der Waals surface area contributed by atoms with Crippen molar-refractivity contribution in [3.05, 3.63) is 58.1 Å². The fraction of sp³-hybridized carbons (Fsp3) is 0.409. The van der Waals surface area contributed by atoms with Gasteiger partial charge in [0.15, 0.2) is 5.78 Å². The zero-order valence-electron chi connectivity index (χ0n) is 16.7. The smallest absolute Gasteiger partial charge is 0.192 e. The first-order valence-electron chi connectivity index (χ1n) is 9.76. The van der Waals surface area contributed by atoms with Gasteiger partial charge in [-0.2, -0.15) is 0 Å². The Morgan fingerprint density at radius 3 is 2.77 bits per heavy atom. The zero-order chi connectivity index (χ0) is 21.7. The summed E-state index contributed by atoms with van der Waals surface area (Å²) in [5.74, 6) is 0.371. The largest absolute Gasteiger partial charge is 0.490 e. The molecule has 4 N–H and O–H groups in total. The van der Waals surface area contributed by atoms with Crippen molar-refractivity contribution in [2.75, 3.05) is 32.2 Å². The number of Topliss-reactive ketones (excluding diaryl/α,β-unsaturated/α-hetero) is 1. The quantitative estimate of drug-likeness (QED) is 0.582. The van der Waals surface area contributed by atoms with Gasteiger partial charge in [-0.25, -0.2) is 0 Å². The lowest BCUT2D eigenvalue weighted by Crippen LogP contribution is -2.43. The van der Waals surface area contributed by atoms with Crippen LogP contribution in [0.5, 0.6) is 5.75 Å². The number of fused-ring (bicyclic) bond motifs is 1. The number of rotatable bonds is 4. The van der Waals surface area contributed by atoms with Crippen LogP contribution in [0.2, 0.25) is 5.02 Å². The molecule has 4 rings (SSSR count). The number of hydrogen-bond donors (Lipinski definition) is 4. The van der Waals surface area contributed by atoms with Crippen LogP contribution in [0.4, 0.5) is 5.69 Å². The van der Waals surface area contributed by atoms with Crippen LogP contribution >= 0.6 is 11.6 Å². The molecular formula is C22H26ClNO6. The number of aliphatic hydroxyl groups excluding tert-OH is 3. The van der Waals surface area contributed by atoms with Crippen molar-refractivity contribution in [1.82, 2.24) is 0 Å². The Labute approximate surface area is 180 Å². The van der Waals surface area contributed by atoms with E-state index in [0.29, 0.717) is 18.1 Å². The molecule has 3 atom stereocenters. The summed E-state index contributed by atoms with van der Waals surface area (Å²) < 4.78 is 11.3. The summed E-state index contributed by atoms with van der Waals surface area (Å²) in [4.78, 5) is 11.8. The molecule has 0 bridgehead atoms. The second kappa shape index (κ2) is 10.2. The van der Waals surface area contributed by atoms with E-state index < -0.39 is 30.7 Å². The number of hydrogen-bond acceptors (Lipinski definition) is 7. The maximum atomic E-state index is 11.8. The summed E-state index contributed by atoms with van der Waals surface area (Å²) >= 11 is 6.41. The van der Waals surface area contributed by atoms with Crippen molar-refractivity contribution in [3.8, 4) is 5.75 Å². The van der Waals surface area contributed by atoms with Gasteiger partial charge in [0, 0.05) is 25.1 Å². The molecule has 1 fully saturated rings. The fourth-order valence-corrected chi connectivity index (χ4v) is 3.83. The lowest BCUT2D eigenvalue weighted by molar-refractivity contribution is -0.161. The van der Waals surface area contributed by atoms with E-state index in [9.17, 15) is 15.0 Å². The van der Waals surface area contributed by atoms with E-state index in [2.05, 4.69) is 11.4 Å². The van der Waals surface area contributed by atoms with E-state index in [0.717, 1.165) is 41.8 Å². The van der Waals surface area contributed by atoms with Crippen LogP contribution in [0, 0.1) is 0 Å². The normalized spacial score (nSPS) is 22.8. The SMILES string of the molecule is CO.O=C1C(O)CC(c2ccc(Cl)c(Cc3ccc4c(c3)NCCO4)c2)OC1CO. The van der Waals surface area contributed by atoms with Crippen molar-refractivity contribution in [2.24, 2.45) is 0 Å². The van der Waals surface area contributed by atoms with Crippen LogP contribution in [0.25, 0.3) is 0 Å². The molecule has 0 spiro atoms. The minimum Gasteiger partial charge on any atom is -0.490 e. The second-order valence-electron chi connectivity index (χ2n) is 7.08. The minimum atomic E-state index is -1.14. The maximum Gasteiger partial charge on any atom is 0.192 e. The fourth-order valence-electron chi connectivity index (χ4n) is 3.65. The van der Waals surface area contributed by atoms with E-state index >= 15 is 0 Å². The second-order valence-corrected chi connectivity index (χ2v) is 7.49. The first kappa shape index (κ1) is 22.5. The lowest BCUT2D eigenvalue weighted by atomic mass is 9.93. The highest BCUT2D eigenvalue weighted by Gasteiger charge is 2.36. The molecule has 0 radical (unpaired) electrons. The molecule has 2 aliphatic heterocycles. The summed E-state index contributed by atoms with van der Waals surface area (Å²) in [6.07, 6.45) is -1.82. The minimum absolute atomic E-state index is 0.163. The Morgan fingerprint density at radius 2 is 2.00 bits per heavy atom. The summed E-state index contributed by atoms with van der Waals surface area (Å²) in [6.45, 7) is 0.987. The maximum absolute atomic E-state index is 11.8. The summed E-state index contributed by atoms with van der Waals surface area (Å²) in [5.41, 5.74) is 3.80. The van der Waals surface area contributed by atoms with Crippen LogP contribution in [0.15, 0.2) is 36.4 Å². The number of ether oxygens (including phenoxy) is 2. The van der Waals surface area contributed by atoms with Crippen molar-refractivity contribution < 1.29 is 29.6 Å². The highest BCUT2D eigenvalue weighted by atomic mass is 35.5. The highest BCUT2D eigenvalue weighted by molar-refractivity contribution is 6.31. The molecule has 2 aromatic carbocycles. The third-order valence-corrected chi connectivity index (χ3v) is 5.50. The van der Waals surface area contributed by atoms with Gasteiger partial charge >= 0.3 is 0 Å². The Morgan fingerprint density at radius 1 is 1.20 bits per heavy atom. The third-order valence-electron chi connectivity index (χ3n) is 5.13. The molecule has 0 saturated carbocycles. The standard InChI is InChI=1S/C21H22ClNO5.CH4O/c22-15-3-2-13(19-10-17(25)21(26)20(11-24)28-19)9-14(15)7-12-1-4-18-16(8-12)23-5-6-27-18;1-2/h1-4,8-9,17,19-20,23-25H,5-7,10-11H2;2H,1H3. The average Bonchev–Trinajstić information content (AvgIpc) is 2.78. The van der Waals surface area contributed by atoms with E-state index in [4.69, 9.17) is 26.2 Å². The predicted molar refractivity (Wildman–Crippen MR) is 113 cm³/mol. The number of aliphatic hydroxyl groups is 3. The molecule has 3 unspecified atom stereocenters. The molecule has 7 nitrogen and oxygen atoms in total. The van der Waals surface area contributed by atoms with Gasteiger partial charge in [-0.1, -0.05) is 29.8 Å². The molecule has 2 heterocycles. The van der Waals surface area contributed by atoms with Gasteiger partial charge in [0.2, 0.25) is 0 Å². The van der Waals surface area contributed by atoms with Crippen molar-refractivity contribution >= 4 is 23.1 Å². The molecule has 0 aliphatic carbocycles. The van der Waals surface area contributed by atoms with Crippen LogP contribution in [-0.2, 0) is 16.0 Å². The summed E-state index contributed by atoms with van der Waals surface area (Å²) in [6, 6.07) is 11.6. The van der Waals surface area contributed by atoms with Gasteiger partial charge in [0.1, 0.15) is 24.6 Å². The van der Waals surface area contributed by atoms with E-state index in [1.54, 1.807) is 6.07 Å². The van der Waals surface area contributed by atoms with Crippen LogP contribution < -0.4 is 10.1 Å². The van der Waals surface area contributed by atoms with Gasteiger partial charge in [0.05, 0.1) is 18.4 Å². The monoisotopic (exact) mass is 435 g/mol. The third kappa shape index (κ3) is 4.94. The van der Waals surface area contributed by atoms with E-state index in [-0.39, 0.29) is 6.42 Å². The van der Waals surface area contributed by atoms with Gasteiger partial charge in [-0.3, -0.25) is 4.79 Å². The number of nitrogens with one attached hydrogen (secondary N) is 1. The zero-order valence-corrected chi connectivity index (χ0v) is 17.4. The molecule has 162 valence electrons. The molecule has 8 heteroatoms. The molecule has 2 aliphatic rings. The van der Waals surface area contributed by atoms with Crippen molar-refractivity contribution in [1.29, 1.82) is 0 Å². The topological polar surface area (TPSA) is 108 Å². The number of benzene rings is 2. The van der Waals surface area contributed by atoms with Gasteiger partial charge in [-0.05, 0) is 41.3 Å². The van der Waals surface area contributed by atoms with Crippen LogP contribution in [-0.4, -0.2) is 60.2 Å². The van der Waals surface area contributed by atoms with E-state index in [1.807, 2.05) is 24.3 Å². The average molecular weight is 436 g/mol. The molecule has 2 aromatic rings. The van der Waals surface area contributed by atoms with Gasteiger partial charge in [0.25, 0.3) is 0 Å². The van der Waals surface area contributed by atoms with Gasteiger partial charge in [-0.15, -0.1) is 0 Å². The Balaban J connectivity index is 0.00000124. The van der Waals surface area contributed by atoms with Crippen molar-refractivity contribution in [2.45, 2.75) is 31.2 Å². The Bertz CT molecular complexity index is 890. The predicted octanol–water partition coefficient (Wildman–Crippen LogP) is 2.10. The number of carbonyl (C=O) groups excluding carboxylic acids is 1. The molecule has 1 saturated heterocycles.